The van der Waals surface area contributed by atoms with Gasteiger partial charge in [0.05, 0.1) is 12.2 Å². The van der Waals surface area contributed by atoms with Crippen molar-refractivity contribution in [2.24, 2.45) is 5.73 Å². The van der Waals surface area contributed by atoms with E-state index in [1.165, 1.54) is 7.11 Å². The van der Waals surface area contributed by atoms with Gasteiger partial charge in [0.1, 0.15) is 11.7 Å². The number of rotatable bonds is 4. The lowest BCUT2D eigenvalue weighted by molar-refractivity contribution is -0.137. The molecule has 1 unspecified atom stereocenters. The Balaban J connectivity index is 2.95. The zero-order valence-electron chi connectivity index (χ0n) is 9.88. The van der Waals surface area contributed by atoms with Crippen LogP contribution < -0.4 is 16.6 Å². The van der Waals surface area contributed by atoms with Crippen molar-refractivity contribution in [3.05, 3.63) is 28.2 Å². The first-order valence-electron chi connectivity index (χ1n) is 5.11. The molecule has 6 nitrogen and oxygen atoms in total. The van der Waals surface area contributed by atoms with Gasteiger partial charge in [0.25, 0.3) is 5.56 Å². The van der Waals surface area contributed by atoms with Gasteiger partial charge in [-0.25, -0.2) is 0 Å². The zero-order chi connectivity index (χ0) is 14.6. The van der Waals surface area contributed by atoms with E-state index >= 15 is 0 Å². The van der Waals surface area contributed by atoms with E-state index in [9.17, 15) is 22.8 Å². The molecule has 4 N–H and O–H groups in total. The van der Waals surface area contributed by atoms with Crippen molar-refractivity contribution in [2.45, 2.75) is 12.2 Å². The van der Waals surface area contributed by atoms with Crippen LogP contribution in [0, 0.1) is 0 Å². The van der Waals surface area contributed by atoms with E-state index in [0.717, 1.165) is 0 Å². The molecule has 0 aliphatic carbocycles. The molecule has 1 aromatic heterocycles. The second-order valence-corrected chi connectivity index (χ2v) is 3.68. The van der Waals surface area contributed by atoms with Crippen LogP contribution in [0.15, 0.2) is 17.1 Å². The molecule has 1 rings (SSSR count). The van der Waals surface area contributed by atoms with E-state index in [1.807, 2.05) is 10.3 Å². The number of nitrogens with two attached hydrogens (primary N) is 1. The molecule has 0 aliphatic heterocycles. The Morgan fingerprint density at radius 2 is 2.21 bits per heavy atom. The second-order valence-electron chi connectivity index (χ2n) is 3.68. The van der Waals surface area contributed by atoms with Crippen LogP contribution >= 0.6 is 0 Å². The third kappa shape index (κ3) is 4.07. The first kappa shape index (κ1) is 15.2. The van der Waals surface area contributed by atoms with E-state index < -0.39 is 34.9 Å². The van der Waals surface area contributed by atoms with Crippen LogP contribution in [0.25, 0.3) is 0 Å². The topological polar surface area (TPSA) is 97.2 Å². The van der Waals surface area contributed by atoms with Gasteiger partial charge in [-0.05, 0) is 6.07 Å². The summed E-state index contributed by atoms with van der Waals surface area (Å²) in [6, 6.07) is -0.546. The number of alkyl halides is 3. The molecule has 0 fully saturated rings. The summed E-state index contributed by atoms with van der Waals surface area (Å²) in [7, 11) is 1.31. The fraction of sp³-hybridized carbons (Fsp3) is 0.400. The van der Waals surface area contributed by atoms with Gasteiger partial charge in [-0.3, -0.25) is 9.59 Å². The molecule has 0 bridgehead atoms. The highest BCUT2D eigenvalue weighted by molar-refractivity contribution is 5.94. The highest BCUT2D eigenvalue weighted by Gasteiger charge is 2.31. The summed E-state index contributed by atoms with van der Waals surface area (Å²) < 4.78 is 41.9. The molecule has 19 heavy (non-hydrogen) atoms. The number of carbonyl (C=O) groups excluding carboxylic acids is 1. The molecule has 9 heteroatoms. The zero-order valence-corrected chi connectivity index (χ0v) is 9.88. The lowest BCUT2D eigenvalue weighted by Crippen LogP contribution is -2.40. The van der Waals surface area contributed by atoms with E-state index in [1.54, 1.807) is 0 Å². The van der Waals surface area contributed by atoms with Gasteiger partial charge in [-0.2, -0.15) is 13.2 Å². The van der Waals surface area contributed by atoms with Crippen LogP contribution in [-0.2, 0) is 15.7 Å². The molecule has 0 spiro atoms. The van der Waals surface area contributed by atoms with Gasteiger partial charge >= 0.3 is 6.18 Å². The number of ether oxygens (including phenoxy) is 1. The molecule has 1 aromatic rings. The Morgan fingerprint density at radius 1 is 1.58 bits per heavy atom. The number of aromatic nitrogens is 1. The molecular weight excluding hydrogens is 267 g/mol. The van der Waals surface area contributed by atoms with Gasteiger partial charge in [0.15, 0.2) is 0 Å². The number of carbonyl (C=O) groups is 1. The molecule has 0 aliphatic rings. The largest absolute Gasteiger partial charge is 0.417 e. The van der Waals surface area contributed by atoms with Gasteiger partial charge in [-0.15, -0.1) is 0 Å². The van der Waals surface area contributed by atoms with Crippen LogP contribution in [0.2, 0.25) is 0 Å². The predicted molar refractivity (Wildman–Crippen MR) is 60.5 cm³/mol. The highest BCUT2D eigenvalue weighted by atomic mass is 19.4. The quantitative estimate of drug-likeness (QED) is 0.738. The van der Waals surface area contributed by atoms with Gasteiger partial charge < -0.3 is 20.8 Å². The summed E-state index contributed by atoms with van der Waals surface area (Å²) in [6.45, 7) is -0.122. The summed E-state index contributed by atoms with van der Waals surface area (Å²) >= 11 is 0. The minimum atomic E-state index is -4.63. The molecular formula is C10H12F3N3O3. The average Bonchev–Trinajstić information content (AvgIpc) is 2.30. The lowest BCUT2D eigenvalue weighted by atomic mass is 10.2. The average molecular weight is 279 g/mol. The van der Waals surface area contributed by atoms with Gasteiger partial charge in [0, 0.05) is 13.3 Å². The van der Waals surface area contributed by atoms with Crippen LogP contribution in [0.1, 0.15) is 5.56 Å². The van der Waals surface area contributed by atoms with E-state index in [4.69, 9.17) is 5.73 Å². The fourth-order valence-electron chi connectivity index (χ4n) is 1.22. The predicted octanol–water partition coefficient (Wildman–Crippen LogP) is 0.306. The second kappa shape index (κ2) is 5.85. The Kier molecular flexibility index (Phi) is 4.67. The van der Waals surface area contributed by atoms with E-state index in [0.29, 0.717) is 12.3 Å². The maximum atomic E-state index is 12.4. The van der Waals surface area contributed by atoms with Crippen molar-refractivity contribution >= 4 is 11.6 Å². The molecule has 0 aromatic carbocycles. The molecule has 1 heterocycles. The summed E-state index contributed by atoms with van der Waals surface area (Å²) in [5.74, 6) is -0.813. The third-order valence-electron chi connectivity index (χ3n) is 2.17. The van der Waals surface area contributed by atoms with Crippen LogP contribution in [0.3, 0.4) is 0 Å². The fourth-order valence-corrected chi connectivity index (χ4v) is 1.22. The lowest BCUT2D eigenvalue weighted by Gasteiger charge is -2.12. The monoisotopic (exact) mass is 279 g/mol. The van der Waals surface area contributed by atoms with Crippen LogP contribution in [0.5, 0.6) is 0 Å². The van der Waals surface area contributed by atoms with Crippen molar-refractivity contribution in [1.82, 2.24) is 4.98 Å². The highest BCUT2D eigenvalue weighted by Crippen LogP contribution is 2.29. The summed E-state index contributed by atoms with van der Waals surface area (Å²) in [6.07, 6.45) is -4.11. The number of amides is 1. The molecule has 106 valence electrons. The number of H-pyrrole nitrogens is 1. The van der Waals surface area contributed by atoms with Crippen molar-refractivity contribution < 1.29 is 22.7 Å². The standard InChI is InChI=1S/C10H12F3N3O3/c1-19-4-6(14)8(17)16-7-2-5(10(11,12)13)3-15-9(7)18/h2-3,6H,4,14H2,1H3,(H,15,18)(H,16,17). The van der Waals surface area contributed by atoms with Crippen molar-refractivity contribution in [2.75, 3.05) is 19.0 Å². The maximum absolute atomic E-state index is 12.4. The molecule has 0 saturated carbocycles. The normalized spacial score (nSPS) is 13.1. The Morgan fingerprint density at radius 3 is 2.74 bits per heavy atom. The number of hydrogen-bond acceptors (Lipinski definition) is 4. The number of pyridine rings is 1. The molecule has 0 radical (unpaired) electrons. The molecule has 0 saturated heterocycles. The number of anilines is 1. The maximum Gasteiger partial charge on any atom is 0.417 e. The van der Waals surface area contributed by atoms with Gasteiger partial charge in [0.2, 0.25) is 5.91 Å². The Hall–Kier alpha value is -1.87. The van der Waals surface area contributed by atoms with Gasteiger partial charge in [-0.1, -0.05) is 0 Å². The summed E-state index contributed by atoms with van der Waals surface area (Å²) in [5, 5.41) is 2.02. The first-order valence-corrected chi connectivity index (χ1v) is 5.11. The number of nitrogens with one attached hydrogen (secondary N) is 2. The number of aromatic amines is 1. The Bertz CT molecular complexity index is 513. The number of hydrogen-bond donors (Lipinski definition) is 3. The Labute approximate surface area is 105 Å². The minimum absolute atomic E-state index is 0.122. The van der Waals surface area contributed by atoms with Crippen molar-refractivity contribution in [1.29, 1.82) is 0 Å². The molecule has 1 amide bonds. The third-order valence-corrected chi connectivity index (χ3v) is 2.17. The number of halogens is 3. The van der Waals surface area contributed by atoms with Crippen molar-refractivity contribution in [3.63, 3.8) is 0 Å². The van der Waals surface area contributed by atoms with E-state index in [2.05, 4.69) is 4.74 Å². The minimum Gasteiger partial charge on any atom is -0.383 e. The van der Waals surface area contributed by atoms with E-state index in [-0.39, 0.29) is 6.61 Å². The molecule has 1 atom stereocenters. The van der Waals surface area contributed by atoms with Crippen LogP contribution in [0.4, 0.5) is 18.9 Å². The smallest absolute Gasteiger partial charge is 0.383 e. The summed E-state index contributed by atoms with van der Waals surface area (Å²) in [5.41, 5.74) is 2.92. The van der Waals surface area contributed by atoms with Crippen LogP contribution in [-0.4, -0.2) is 30.6 Å². The summed E-state index contributed by atoms with van der Waals surface area (Å²) in [4.78, 5) is 24.7. The van der Waals surface area contributed by atoms with Crippen molar-refractivity contribution in [3.8, 4) is 0 Å². The first-order chi connectivity index (χ1) is 8.75. The SMILES string of the molecule is COCC(N)C(=O)Nc1cc(C(F)(F)F)c[nH]c1=O. The number of methoxy groups -OCH3 is 1.